The van der Waals surface area contributed by atoms with Crippen LogP contribution in [0.2, 0.25) is 10.0 Å². The largest absolute Gasteiger partial charge is 0.342 e. The Kier molecular flexibility index (Phi) is 6.84. The van der Waals surface area contributed by atoms with Crippen molar-refractivity contribution in [2.24, 2.45) is 5.92 Å². The molecule has 9 heteroatoms. The van der Waals surface area contributed by atoms with Gasteiger partial charge in [0.15, 0.2) is 15.6 Å². The van der Waals surface area contributed by atoms with E-state index in [1.807, 2.05) is 0 Å². The van der Waals surface area contributed by atoms with Crippen molar-refractivity contribution in [3.05, 3.63) is 63.9 Å². The standard InChI is InChI=1S/C21H20Cl2FNO4S/c1-13(30(28,29)17-5-3-16(24)4-6-17)21(27)25-10-8-14(9-11-25)20(26)15-2-7-18(22)19(23)12-15/h2-7,12-14H,8-11H2,1H3. The molecule has 3 rings (SSSR count). The van der Waals surface area contributed by atoms with Crippen LogP contribution in [-0.4, -0.2) is 43.3 Å². The molecule has 1 amide bonds. The van der Waals surface area contributed by atoms with Crippen molar-refractivity contribution in [3.8, 4) is 0 Å². The van der Waals surface area contributed by atoms with E-state index in [1.54, 1.807) is 12.1 Å². The van der Waals surface area contributed by atoms with Gasteiger partial charge >= 0.3 is 0 Å². The SMILES string of the molecule is CC(C(=O)N1CCC(C(=O)c2ccc(Cl)c(Cl)c2)CC1)S(=O)(=O)c1ccc(F)cc1. The first kappa shape index (κ1) is 22.7. The second-order valence-corrected chi connectivity index (χ2v) is 10.3. The Balaban J connectivity index is 1.65. The molecule has 0 radical (unpaired) electrons. The van der Waals surface area contributed by atoms with Gasteiger partial charge in [-0.3, -0.25) is 9.59 Å². The molecule has 0 aromatic heterocycles. The fourth-order valence-electron chi connectivity index (χ4n) is 3.47. The maximum Gasteiger partial charge on any atom is 0.241 e. The summed E-state index contributed by atoms with van der Waals surface area (Å²) in [6, 6.07) is 9.10. The van der Waals surface area contributed by atoms with E-state index >= 15 is 0 Å². The van der Waals surface area contributed by atoms with E-state index in [4.69, 9.17) is 23.2 Å². The molecule has 0 saturated carbocycles. The van der Waals surface area contributed by atoms with Gasteiger partial charge in [-0.05, 0) is 62.2 Å². The molecule has 1 unspecified atom stereocenters. The second-order valence-electron chi connectivity index (χ2n) is 7.23. The Labute approximate surface area is 184 Å². The maximum absolute atomic E-state index is 13.1. The van der Waals surface area contributed by atoms with E-state index in [0.29, 0.717) is 28.5 Å². The van der Waals surface area contributed by atoms with Crippen LogP contribution >= 0.6 is 23.2 Å². The summed E-state index contributed by atoms with van der Waals surface area (Å²) in [5.74, 6) is -1.44. The molecule has 1 atom stereocenters. The van der Waals surface area contributed by atoms with E-state index in [-0.39, 0.29) is 29.7 Å². The summed E-state index contributed by atoms with van der Waals surface area (Å²) < 4.78 is 38.5. The molecular formula is C21H20Cl2FNO4S. The minimum atomic E-state index is -3.94. The van der Waals surface area contributed by atoms with Gasteiger partial charge < -0.3 is 4.90 Å². The summed E-state index contributed by atoms with van der Waals surface area (Å²) in [5, 5.41) is -0.634. The van der Waals surface area contributed by atoms with E-state index in [1.165, 1.54) is 17.9 Å². The zero-order valence-electron chi connectivity index (χ0n) is 16.1. The highest BCUT2D eigenvalue weighted by Gasteiger charge is 2.35. The predicted molar refractivity (Wildman–Crippen MR) is 113 cm³/mol. The lowest BCUT2D eigenvalue weighted by Gasteiger charge is -2.33. The van der Waals surface area contributed by atoms with Crippen LogP contribution in [0.5, 0.6) is 0 Å². The van der Waals surface area contributed by atoms with Crippen LogP contribution in [0.25, 0.3) is 0 Å². The highest BCUT2D eigenvalue weighted by molar-refractivity contribution is 7.92. The van der Waals surface area contributed by atoms with E-state index in [2.05, 4.69) is 0 Å². The summed E-state index contributed by atoms with van der Waals surface area (Å²) >= 11 is 11.9. The number of halogens is 3. The monoisotopic (exact) mass is 471 g/mol. The molecule has 1 fully saturated rings. The molecule has 30 heavy (non-hydrogen) atoms. The summed E-state index contributed by atoms with van der Waals surface area (Å²) in [5.41, 5.74) is 0.460. The van der Waals surface area contributed by atoms with Gasteiger partial charge in [0.05, 0.1) is 14.9 Å². The number of nitrogens with zero attached hydrogens (tertiary/aromatic N) is 1. The Morgan fingerprint density at radius 1 is 1.03 bits per heavy atom. The number of sulfone groups is 1. The zero-order chi connectivity index (χ0) is 22.1. The number of amides is 1. The number of rotatable bonds is 5. The quantitative estimate of drug-likeness (QED) is 0.477. The van der Waals surface area contributed by atoms with Crippen LogP contribution in [-0.2, 0) is 14.6 Å². The van der Waals surface area contributed by atoms with Gasteiger partial charge in [-0.25, -0.2) is 12.8 Å². The molecule has 0 N–H and O–H groups in total. The van der Waals surface area contributed by atoms with Gasteiger partial charge in [0.25, 0.3) is 0 Å². The molecule has 1 aliphatic heterocycles. The number of benzene rings is 2. The van der Waals surface area contributed by atoms with Gasteiger partial charge in [0, 0.05) is 24.6 Å². The minimum Gasteiger partial charge on any atom is -0.342 e. The molecule has 0 aliphatic carbocycles. The highest BCUT2D eigenvalue weighted by atomic mass is 35.5. The van der Waals surface area contributed by atoms with Crippen LogP contribution in [0.3, 0.4) is 0 Å². The first-order chi connectivity index (χ1) is 14.1. The van der Waals surface area contributed by atoms with Crippen LogP contribution in [0.4, 0.5) is 4.39 Å². The molecule has 1 heterocycles. The third-order valence-corrected chi connectivity index (χ3v) is 8.14. The van der Waals surface area contributed by atoms with Crippen molar-refractivity contribution in [2.75, 3.05) is 13.1 Å². The van der Waals surface area contributed by atoms with Crippen molar-refractivity contribution in [2.45, 2.75) is 29.9 Å². The lowest BCUT2D eigenvalue weighted by atomic mass is 9.89. The lowest BCUT2D eigenvalue weighted by molar-refractivity contribution is -0.131. The normalized spacial score (nSPS) is 16.3. The maximum atomic E-state index is 13.1. The third kappa shape index (κ3) is 4.68. The first-order valence-electron chi connectivity index (χ1n) is 9.39. The number of hydrogen-bond acceptors (Lipinski definition) is 4. The molecule has 1 aliphatic rings. The van der Waals surface area contributed by atoms with Crippen molar-refractivity contribution >= 4 is 44.7 Å². The van der Waals surface area contributed by atoms with Gasteiger partial charge in [-0.2, -0.15) is 0 Å². The molecule has 5 nitrogen and oxygen atoms in total. The van der Waals surface area contributed by atoms with Crippen LogP contribution in [0.1, 0.15) is 30.1 Å². The summed E-state index contributed by atoms with van der Waals surface area (Å²) in [7, 11) is -3.94. The van der Waals surface area contributed by atoms with Crippen LogP contribution < -0.4 is 0 Å². The number of carbonyl (C=O) groups is 2. The predicted octanol–water partition coefficient (Wildman–Crippen LogP) is 4.42. The number of likely N-dealkylation sites (tertiary alicyclic amines) is 1. The summed E-state index contributed by atoms with van der Waals surface area (Å²) in [4.78, 5) is 26.8. The zero-order valence-corrected chi connectivity index (χ0v) is 18.5. The topological polar surface area (TPSA) is 71.5 Å². The van der Waals surface area contributed by atoms with E-state index < -0.39 is 26.8 Å². The number of carbonyl (C=O) groups excluding carboxylic acids is 2. The Morgan fingerprint density at radius 3 is 2.20 bits per heavy atom. The molecule has 0 spiro atoms. The average molecular weight is 472 g/mol. The van der Waals surface area contributed by atoms with Gasteiger partial charge in [-0.15, -0.1) is 0 Å². The van der Waals surface area contributed by atoms with Crippen molar-refractivity contribution in [3.63, 3.8) is 0 Å². The van der Waals surface area contributed by atoms with E-state index in [0.717, 1.165) is 24.3 Å². The minimum absolute atomic E-state index is 0.0763. The average Bonchev–Trinajstić information content (AvgIpc) is 2.74. The summed E-state index contributed by atoms with van der Waals surface area (Å²) in [6.07, 6.45) is 0.849. The molecule has 160 valence electrons. The van der Waals surface area contributed by atoms with Gasteiger partial charge in [-0.1, -0.05) is 23.2 Å². The third-order valence-electron chi connectivity index (χ3n) is 5.34. The Morgan fingerprint density at radius 2 is 1.63 bits per heavy atom. The van der Waals surface area contributed by atoms with Crippen LogP contribution in [0.15, 0.2) is 47.4 Å². The molecule has 2 aromatic carbocycles. The number of Topliss-reactive ketones (excluding diaryl/α,β-unsaturated/α-hetero) is 1. The number of ketones is 1. The fraction of sp³-hybridized carbons (Fsp3) is 0.333. The highest BCUT2D eigenvalue weighted by Crippen LogP contribution is 2.28. The van der Waals surface area contributed by atoms with Crippen LogP contribution in [0, 0.1) is 11.7 Å². The van der Waals surface area contributed by atoms with Gasteiger partial charge in [0.1, 0.15) is 11.1 Å². The molecule has 0 bridgehead atoms. The molecule has 1 saturated heterocycles. The van der Waals surface area contributed by atoms with Gasteiger partial charge in [0.2, 0.25) is 5.91 Å². The number of piperidine rings is 1. The summed E-state index contributed by atoms with van der Waals surface area (Å²) in [6.45, 7) is 1.88. The van der Waals surface area contributed by atoms with E-state index in [9.17, 15) is 22.4 Å². The number of hydrogen-bond donors (Lipinski definition) is 0. The Bertz CT molecular complexity index is 1060. The first-order valence-corrected chi connectivity index (χ1v) is 11.7. The smallest absolute Gasteiger partial charge is 0.241 e. The molecular weight excluding hydrogens is 452 g/mol. The lowest BCUT2D eigenvalue weighted by Crippen LogP contribution is -2.46. The van der Waals surface area contributed by atoms with Crippen molar-refractivity contribution in [1.82, 2.24) is 4.90 Å². The molecule has 2 aromatic rings. The Hall–Kier alpha value is -1.96. The van der Waals surface area contributed by atoms with Crippen molar-refractivity contribution in [1.29, 1.82) is 0 Å². The fourth-order valence-corrected chi connectivity index (χ4v) is 5.10. The van der Waals surface area contributed by atoms with Crippen molar-refractivity contribution < 1.29 is 22.4 Å². The second kappa shape index (κ2) is 9.04.